The Hall–Kier alpha value is -3.47. The van der Waals surface area contributed by atoms with Gasteiger partial charge in [0, 0.05) is 23.1 Å². The first-order valence-corrected chi connectivity index (χ1v) is 10.4. The van der Waals surface area contributed by atoms with Crippen LogP contribution in [0.2, 0.25) is 0 Å². The van der Waals surface area contributed by atoms with Crippen molar-refractivity contribution in [3.05, 3.63) is 70.8 Å². The molecule has 2 heterocycles. The average molecular weight is 397 g/mol. The SMILES string of the molecule is O=C1C(=Cc2cc3oc(C4CCCCC4)nc3o2)C(=O)c2cc3ccccc3cc21. The van der Waals surface area contributed by atoms with Crippen LogP contribution in [0.1, 0.15) is 70.4 Å². The highest BCUT2D eigenvalue weighted by Gasteiger charge is 2.34. The van der Waals surface area contributed by atoms with Gasteiger partial charge in [-0.1, -0.05) is 43.5 Å². The van der Waals surface area contributed by atoms with Gasteiger partial charge in [-0.3, -0.25) is 9.59 Å². The van der Waals surface area contributed by atoms with Gasteiger partial charge in [-0.05, 0) is 41.8 Å². The van der Waals surface area contributed by atoms with Gasteiger partial charge in [0.15, 0.2) is 17.1 Å². The number of benzene rings is 2. The number of nitrogens with zero attached hydrogens (tertiary/aromatic N) is 1. The summed E-state index contributed by atoms with van der Waals surface area (Å²) >= 11 is 0. The lowest BCUT2D eigenvalue weighted by Gasteiger charge is -2.17. The molecule has 0 saturated heterocycles. The molecule has 2 aromatic carbocycles. The molecule has 0 radical (unpaired) electrons. The molecule has 0 N–H and O–H groups in total. The monoisotopic (exact) mass is 397 g/mol. The fourth-order valence-electron chi connectivity index (χ4n) is 4.65. The molecule has 148 valence electrons. The number of aromatic nitrogens is 1. The Kier molecular flexibility index (Phi) is 3.78. The van der Waals surface area contributed by atoms with Crippen molar-refractivity contribution in [3.8, 4) is 0 Å². The second kappa shape index (κ2) is 6.52. The van der Waals surface area contributed by atoms with Crippen LogP contribution >= 0.6 is 0 Å². The fraction of sp³-hybridized carbons (Fsp3) is 0.240. The van der Waals surface area contributed by atoms with Gasteiger partial charge < -0.3 is 8.83 Å². The first-order chi connectivity index (χ1) is 14.7. The van der Waals surface area contributed by atoms with Crippen LogP contribution in [0.4, 0.5) is 0 Å². The molecule has 0 atom stereocenters. The third kappa shape index (κ3) is 2.65. The Balaban J connectivity index is 1.35. The van der Waals surface area contributed by atoms with Crippen molar-refractivity contribution < 1.29 is 18.4 Å². The predicted molar refractivity (Wildman–Crippen MR) is 113 cm³/mol. The molecular weight excluding hydrogens is 378 g/mol. The minimum absolute atomic E-state index is 0.115. The summed E-state index contributed by atoms with van der Waals surface area (Å²) in [4.78, 5) is 30.3. The number of Topliss-reactive ketones (excluding diaryl/α,β-unsaturated/α-hetero) is 2. The van der Waals surface area contributed by atoms with Crippen LogP contribution < -0.4 is 0 Å². The van der Waals surface area contributed by atoms with Crippen LogP contribution in [-0.4, -0.2) is 16.6 Å². The van der Waals surface area contributed by atoms with E-state index in [1.165, 1.54) is 25.3 Å². The summed E-state index contributed by atoms with van der Waals surface area (Å²) in [5.74, 6) is 0.939. The van der Waals surface area contributed by atoms with E-state index in [1.807, 2.05) is 24.3 Å². The van der Waals surface area contributed by atoms with Gasteiger partial charge in [0.2, 0.25) is 5.89 Å². The smallest absolute Gasteiger partial charge is 0.266 e. The van der Waals surface area contributed by atoms with E-state index in [9.17, 15) is 9.59 Å². The number of furan rings is 1. The summed E-state index contributed by atoms with van der Waals surface area (Å²) in [5.41, 5.74) is 1.98. The Bertz CT molecular complexity index is 1280. The van der Waals surface area contributed by atoms with E-state index in [4.69, 9.17) is 8.83 Å². The topological polar surface area (TPSA) is 73.3 Å². The Morgan fingerprint density at radius 2 is 1.53 bits per heavy atom. The maximum atomic E-state index is 12.9. The molecule has 5 heteroatoms. The zero-order valence-electron chi connectivity index (χ0n) is 16.3. The second-order valence-electron chi connectivity index (χ2n) is 8.17. The van der Waals surface area contributed by atoms with Crippen LogP contribution in [0.5, 0.6) is 0 Å². The summed E-state index contributed by atoms with van der Waals surface area (Å²) in [6.45, 7) is 0. The number of hydrogen-bond acceptors (Lipinski definition) is 5. The number of oxazole rings is 1. The first-order valence-electron chi connectivity index (χ1n) is 10.4. The lowest BCUT2D eigenvalue weighted by atomic mass is 9.89. The van der Waals surface area contributed by atoms with Gasteiger partial charge in [-0.2, -0.15) is 4.98 Å². The molecular formula is C25H19NO4. The number of ketones is 2. The van der Waals surface area contributed by atoms with Crippen LogP contribution in [0.15, 0.2) is 56.9 Å². The number of rotatable bonds is 2. The van der Waals surface area contributed by atoms with E-state index in [0.717, 1.165) is 29.5 Å². The van der Waals surface area contributed by atoms with Gasteiger partial charge in [-0.15, -0.1) is 0 Å². The van der Waals surface area contributed by atoms with Gasteiger partial charge in [0.25, 0.3) is 5.71 Å². The molecule has 1 fully saturated rings. The van der Waals surface area contributed by atoms with Crippen molar-refractivity contribution in [1.29, 1.82) is 0 Å². The van der Waals surface area contributed by atoms with Gasteiger partial charge >= 0.3 is 0 Å². The number of fused-ring (bicyclic) bond motifs is 3. The van der Waals surface area contributed by atoms with E-state index in [0.29, 0.717) is 34.1 Å². The van der Waals surface area contributed by atoms with E-state index in [-0.39, 0.29) is 17.1 Å². The van der Waals surface area contributed by atoms with Crippen molar-refractivity contribution >= 4 is 39.7 Å². The van der Waals surface area contributed by atoms with Crippen LogP contribution in [0.25, 0.3) is 28.1 Å². The number of carbonyl (C=O) groups excluding carboxylic acids is 2. The molecule has 0 aliphatic heterocycles. The molecule has 0 spiro atoms. The molecule has 6 rings (SSSR count). The zero-order chi connectivity index (χ0) is 20.2. The molecule has 2 aromatic heterocycles. The number of hydrogen-bond donors (Lipinski definition) is 0. The van der Waals surface area contributed by atoms with E-state index < -0.39 is 0 Å². The summed E-state index contributed by atoms with van der Waals surface area (Å²) in [6.07, 6.45) is 7.36. The minimum Gasteiger partial charge on any atom is -0.437 e. The third-order valence-corrected chi connectivity index (χ3v) is 6.23. The van der Waals surface area contributed by atoms with Crippen LogP contribution in [-0.2, 0) is 0 Å². The molecule has 0 unspecified atom stereocenters. The van der Waals surface area contributed by atoms with E-state index >= 15 is 0 Å². The van der Waals surface area contributed by atoms with Crippen molar-refractivity contribution in [3.63, 3.8) is 0 Å². The predicted octanol–water partition coefficient (Wildman–Crippen LogP) is 6.08. The minimum atomic E-state index is -0.273. The summed E-state index contributed by atoms with van der Waals surface area (Å²) in [6, 6.07) is 13.0. The lowest BCUT2D eigenvalue weighted by Crippen LogP contribution is -2.04. The average Bonchev–Trinajstić information content (AvgIpc) is 3.41. The highest BCUT2D eigenvalue weighted by Crippen LogP contribution is 2.36. The van der Waals surface area contributed by atoms with Crippen LogP contribution in [0.3, 0.4) is 0 Å². The molecule has 0 amide bonds. The Morgan fingerprint density at radius 3 is 2.17 bits per heavy atom. The van der Waals surface area contributed by atoms with Crippen molar-refractivity contribution in [2.75, 3.05) is 0 Å². The zero-order valence-corrected chi connectivity index (χ0v) is 16.3. The fourth-order valence-corrected chi connectivity index (χ4v) is 4.65. The molecule has 1 saturated carbocycles. The third-order valence-electron chi connectivity index (χ3n) is 6.23. The number of carbonyl (C=O) groups is 2. The summed E-state index contributed by atoms with van der Waals surface area (Å²) in [5, 5.41) is 1.88. The molecule has 0 bridgehead atoms. The first kappa shape index (κ1) is 17.4. The Labute approximate surface area is 172 Å². The number of allylic oxidation sites excluding steroid dienone is 1. The molecule has 30 heavy (non-hydrogen) atoms. The van der Waals surface area contributed by atoms with Gasteiger partial charge in [0.1, 0.15) is 5.76 Å². The van der Waals surface area contributed by atoms with Gasteiger partial charge in [0.05, 0.1) is 5.57 Å². The largest absolute Gasteiger partial charge is 0.437 e. The quantitative estimate of drug-likeness (QED) is 0.302. The summed E-state index contributed by atoms with van der Waals surface area (Å²) < 4.78 is 11.7. The van der Waals surface area contributed by atoms with Crippen molar-refractivity contribution in [2.45, 2.75) is 38.0 Å². The molecule has 5 nitrogen and oxygen atoms in total. The van der Waals surface area contributed by atoms with Gasteiger partial charge in [-0.25, -0.2) is 0 Å². The Morgan fingerprint density at radius 1 is 0.867 bits per heavy atom. The van der Waals surface area contributed by atoms with Crippen molar-refractivity contribution in [2.24, 2.45) is 0 Å². The standard InChI is InChI=1S/C25H19NO4/c27-22-18-10-15-8-4-5-9-16(15)11-19(18)23(28)20(22)12-17-13-21-25(29-17)26-24(30-21)14-6-2-1-3-7-14/h4-5,8-14H,1-3,6-7H2. The highest BCUT2D eigenvalue weighted by molar-refractivity contribution is 6.42. The summed E-state index contributed by atoms with van der Waals surface area (Å²) in [7, 11) is 0. The highest BCUT2D eigenvalue weighted by atomic mass is 16.4. The van der Waals surface area contributed by atoms with E-state index in [1.54, 1.807) is 18.2 Å². The maximum Gasteiger partial charge on any atom is 0.266 e. The van der Waals surface area contributed by atoms with Crippen LogP contribution in [0, 0.1) is 0 Å². The lowest BCUT2D eigenvalue weighted by molar-refractivity contribution is 0.0990. The maximum absolute atomic E-state index is 12.9. The molecule has 2 aliphatic rings. The normalized spacial score (nSPS) is 17.3. The molecule has 2 aliphatic carbocycles. The molecule has 4 aromatic rings. The van der Waals surface area contributed by atoms with E-state index in [2.05, 4.69) is 4.98 Å². The van der Waals surface area contributed by atoms with Crippen molar-refractivity contribution in [1.82, 2.24) is 4.98 Å². The second-order valence-corrected chi connectivity index (χ2v) is 8.17.